The van der Waals surface area contributed by atoms with E-state index in [0.717, 1.165) is 42.5 Å². The minimum atomic E-state index is -0.968. The van der Waals surface area contributed by atoms with Gasteiger partial charge in [-0.3, -0.25) is 9.13 Å². The number of hydrogen-bond donors (Lipinski definition) is 1. The van der Waals surface area contributed by atoms with Gasteiger partial charge in [0.25, 0.3) is 0 Å². The number of carbonyl (C=O) groups is 1. The summed E-state index contributed by atoms with van der Waals surface area (Å²) in [5, 5.41) is 9.48. The lowest BCUT2D eigenvalue weighted by Gasteiger charge is -2.12. The second kappa shape index (κ2) is 11.8. The Labute approximate surface area is 200 Å². The summed E-state index contributed by atoms with van der Waals surface area (Å²) in [7, 11) is 0. The van der Waals surface area contributed by atoms with Crippen LogP contribution in [0.25, 0.3) is 11.1 Å². The van der Waals surface area contributed by atoms with Crippen molar-refractivity contribution in [1.82, 2.24) is 9.13 Å². The number of halogens is 1. The lowest BCUT2D eigenvalue weighted by Crippen LogP contribution is -2.26. The van der Waals surface area contributed by atoms with Crippen LogP contribution < -0.4 is 5.69 Å². The summed E-state index contributed by atoms with van der Waals surface area (Å²) < 4.78 is 17.5. The van der Waals surface area contributed by atoms with Crippen molar-refractivity contribution in [2.75, 3.05) is 0 Å². The molecule has 0 saturated heterocycles. The number of aromatic nitrogens is 2. The molecule has 0 bridgehead atoms. The minimum absolute atomic E-state index is 0.150. The largest absolute Gasteiger partial charge is 0.478 e. The molecule has 0 saturated carbocycles. The molecule has 3 aromatic rings. The average Bonchev–Trinajstić information content (AvgIpc) is 3.08. The van der Waals surface area contributed by atoms with Crippen LogP contribution >= 0.6 is 0 Å². The molecule has 0 aliphatic rings. The summed E-state index contributed by atoms with van der Waals surface area (Å²) in [6.07, 6.45) is 4.45. The number of rotatable bonds is 12. The molecule has 0 aliphatic heterocycles. The highest BCUT2D eigenvalue weighted by atomic mass is 19.1. The quantitative estimate of drug-likeness (QED) is 0.318. The van der Waals surface area contributed by atoms with Crippen molar-refractivity contribution in [3.8, 4) is 11.1 Å². The highest BCUT2D eigenvalue weighted by molar-refractivity contribution is 5.95. The summed E-state index contributed by atoms with van der Waals surface area (Å²) in [6.45, 7) is 6.62. The Kier molecular flexibility index (Phi) is 8.85. The maximum absolute atomic E-state index is 14.1. The van der Waals surface area contributed by atoms with E-state index in [2.05, 4.69) is 20.8 Å². The van der Waals surface area contributed by atoms with Gasteiger partial charge in [0.15, 0.2) is 0 Å². The molecule has 34 heavy (non-hydrogen) atoms. The van der Waals surface area contributed by atoms with Crippen LogP contribution in [-0.4, -0.2) is 20.2 Å². The molecule has 2 aromatic carbocycles. The molecule has 0 fully saturated rings. The van der Waals surface area contributed by atoms with Crippen molar-refractivity contribution in [1.29, 1.82) is 0 Å². The molecule has 0 spiro atoms. The Morgan fingerprint density at radius 1 is 1.00 bits per heavy atom. The molecule has 5 nitrogen and oxygen atoms in total. The highest BCUT2D eigenvalue weighted by Crippen LogP contribution is 2.25. The summed E-state index contributed by atoms with van der Waals surface area (Å²) in [5.41, 5.74) is 3.77. The smallest absolute Gasteiger partial charge is 0.336 e. The Bertz CT molecular complexity index is 1160. The number of imidazole rings is 1. The number of alkyl halides is 1. The molecule has 1 heterocycles. The number of aromatic carboxylic acids is 1. The Balaban J connectivity index is 1.95. The third-order valence-corrected chi connectivity index (χ3v) is 6.28. The number of nitrogens with zero attached hydrogens (tertiary/aromatic N) is 2. The predicted molar refractivity (Wildman–Crippen MR) is 134 cm³/mol. The normalized spacial score (nSPS) is 11.3. The van der Waals surface area contributed by atoms with Gasteiger partial charge in [-0.25, -0.2) is 14.0 Å². The van der Waals surface area contributed by atoms with E-state index in [4.69, 9.17) is 0 Å². The van der Waals surface area contributed by atoms with Crippen LogP contribution in [0.2, 0.25) is 0 Å². The van der Waals surface area contributed by atoms with E-state index in [1.807, 2.05) is 30.3 Å². The van der Waals surface area contributed by atoms with Gasteiger partial charge >= 0.3 is 11.7 Å². The Hall–Kier alpha value is -3.15. The standard InChI is InChI=1S/C28H35FN2O3/c1-4-5-8-17-30-26(18-29)25(16-11-20(2)3)31(28(30)34)19-21-12-14-22(15-13-21)23-9-6-7-10-24(23)27(32)33/h6-7,9-10,12-15,20H,4-5,8,11,16-19H2,1-3H3,(H,32,33). The van der Waals surface area contributed by atoms with Gasteiger partial charge in [0.05, 0.1) is 17.8 Å². The molecule has 0 unspecified atom stereocenters. The molecule has 0 atom stereocenters. The van der Waals surface area contributed by atoms with Gasteiger partial charge in [-0.05, 0) is 47.9 Å². The molecular weight excluding hydrogens is 431 g/mol. The molecular formula is C28H35FN2O3. The summed E-state index contributed by atoms with van der Waals surface area (Å²) >= 11 is 0. The van der Waals surface area contributed by atoms with Crippen LogP contribution in [-0.2, 0) is 26.2 Å². The second-order valence-corrected chi connectivity index (χ2v) is 9.23. The first-order chi connectivity index (χ1) is 16.4. The zero-order chi connectivity index (χ0) is 24.7. The van der Waals surface area contributed by atoms with Crippen molar-refractivity contribution < 1.29 is 14.3 Å². The first-order valence-electron chi connectivity index (χ1n) is 12.2. The number of carboxylic acids is 1. The van der Waals surface area contributed by atoms with Crippen molar-refractivity contribution in [3.63, 3.8) is 0 Å². The van der Waals surface area contributed by atoms with Gasteiger partial charge in [-0.1, -0.05) is 76.1 Å². The summed E-state index contributed by atoms with van der Waals surface area (Å²) in [6, 6.07) is 14.5. The molecule has 1 N–H and O–H groups in total. The molecule has 1 aromatic heterocycles. The van der Waals surface area contributed by atoms with E-state index in [1.165, 1.54) is 0 Å². The van der Waals surface area contributed by atoms with Crippen LogP contribution in [0.1, 0.15) is 73.8 Å². The fourth-order valence-electron chi connectivity index (χ4n) is 4.35. The highest BCUT2D eigenvalue weighted by Gasteiger charge is 2.20. The Morgan fingerprint density at radius 3 is 2.32 bits per heavy atom. The van der Waals surface area contributed by atoms with Crippen LogP contribution in [0.5, 0.6) is 0 Å². The first-order valence-corrected chi connectivity index (χ1v) is 12.2. The average molecular weight is 467 g/mol. The SMILES string of the molecule is CCCCCn1c(CF)c(CCC(C)C)n(Cc2ccc(-c3ccccc3C(=O)O)cc2)c1=O. The summed E-state index contributed by atoms with van der Waals surface area (Å²) in [4.78, 5) is 24.9. The van der Waals surface area contributed by atoms with Gasteiger partial charge < -0.3 is 5.11 Å². The zero-order valence-electron chi connectivity index (χ0n) is 20.4. The molecule has 0 radical (unpaired) electrons. The number of benzene rings is 2. The van der Waals surface area contributed by atoms with E-state index >= 15 is 0 Å². The lowest BCUT2D eigenvalue weighted by atomic mass is 9.98. The maximum Gasteiger partial charge on any atom is 0.336 e. The molecule has 3 rings (SSSR count). The molecule has 0 amide bonds. The van der Waals surface area contributed by atoms with E-state index in [0.29, 0.717) is 36.7 Å². The summed E-state index contributed by atoms with van der Waals surface area (Å²) in [5.74, 6) is -0.516. The van der Waals surface area contributed by atoms with Crippen molar-refractivity contribution in [2.24, 2.45) is 5.92 Å². The lowest BCUT2D eigenvalue weighted by molar-refractivity contribution is 0.0697. The van der Waals surface area contributed by atoms with E-state index in [1.54, 1.807) is 27.3 Å². The zero-order valence-corrected chi connectivity index (χ0v) is 20.4. The van der Waals surface area contributed by atoms with Crippen LogP contribution in [0, 0.1) is 5.92 Å². The number of unbranched alkanes of at least 4 members (excludes halogenated alkanes) is 2. The fraction of sp³-hybridized carbons (Fsp3) is 0.429. The van der Waals surface area contributed by atoms with Crippen LogP contribution in [0.15, 0.2) is 53.3 Å². The van der Waals surface area contributed by atoms with Gasteiger partial charge in [0, 0.05) is 12.2 Å². The number of hydrogen-bond acceptors (Lipinski definition) is 2. The van der Waals surface area contributed by atoms with E-state index in [-0.39, 0.29) is 11.3 Å². The van der Waals surface area contributed by atoms with Crippen molar-refractivity contribution in [3.05, 3.63) is 81.5 Å². The topological polar surface area (TPSA) is 64.2 Å². The van der Waals surface area contributed by atoms with Crippen molar-refractivity contribution >= 4 is 5.97 Å². The van der Waals surface area contributed by atoms with Gasteiger partial charge in [-0.2, -0.15) is 0 Å². The third kappa shape index (κ3) is 5.85. The monoisotopic (exact) mass is 466 g/mol. The Morgan fingerprint density at radius 2 is 1.71 bits per heavy atom. The van der Waals surface area contributed by atoms with Gasteiger partial charge in [-0.15, -0.1) is 0 Å². The van der Waals surface area contributed by atoms with Crippen LogP contribution in [0.4, 0.5) is 4.39 Å². The van der Waals surface area contributed by atoms with E-state index in [9.17, 15) is 19.1 Å². The predicted octanol–water partition coefficient (Wildman–Crippen LogP) is 6.31. The maximum atomic E-state index is 14.1. The first kappa shape index (κ1) is 25.5. The van der Waals surface area contributed by atoms with Gasteiger partial charge in [0.1, 0.15) is 6.67 Å². The molecule has 6 heteroatoms. The van der Waals surface area contributed by atoms with Gasteiger partial charge in [0.2, 0.25) is 0 Å². The molecule has 0 aliphatic carbocycles. The van der Waals surface area contributed by atoms with Crippen molar-refractivity contribution in [2.45, 2.75) is 72.6 Å². The fourth-order valence-corrected chi connectivity index (χ4v) is 4.35. The number of carboxylic acid groups (broad SMARTS) is 1. The van der Waals surface area contributed by atoms with Crippen LogP contribution in [0.3, 0.4) is 0 Å². The minimum Gasteiger partial charge on any atom is -0.478 e. The third-order valence-electron chi connectivity index (χ3n) is 6.28. The van der Waals surface area contributed by atoms with E-state index < -0.39 is 12.6 Å². The molecule has 182 valence electrons. The second-order valence-electron chi connectivity index (χ2n) is 9.23.